The fraction of sp³-hybridized carbons (Fsp3) is 0.289. The number of aliphatic hydroxyl groups is 1. The largest absolute Gasteiger partial charge is 0.485 e. The van der Waals surface area contributed by atoms with Gasteiger partial charge in [-0.25, -0.2) is 9.36 Å². The topological polar surface area (TPSA) is 116 Å². The van der Waals surface area contributed by atoms with Crippen molar-refractivity contribution >= 4 is 25.2 Å². The molecule has 0 amide bonds. The molecule has 0 fully saturated rings. The average molecular weight is 703 g/mol. The zero-order valence-corrected chi connectivity index (χ0v) is 29.5. The molecule has 0 radical (unpaired) electrons. The van der Waals surface area contributed by atoms with Crippen LogP contribution in [0.1, 0.15) is 22.3 Å². The fourth-order valence-corrected chi connectivity index (χ4v) is 6.30. The SMILES string of the molecule is CN(C)c1ccc(COC2=C(OCc3ccc(N(C)C)cc3)[C@@H]([C@H](CO)OP(=O)(OCc3ccccc3)OCc3ccccc3)OC2=O)cc1. The van der Waals surface area contributed by atoms with Crippen LogP contribution in [0.15, 0.2) is 121 Å². The van der Waals surface area contributed by atoms with E-state index >= 15 is 0 Å². The van der Waals surface area contributed by atoms with Gasteiger partial charge >= 0.3 is 13.8 Å². The molecule has 4 aromatic carbocycles. The molecular weight excluding hydrogens is 659 g/mol. The third-order valence-corrected chi connectivity index (χ3v) is 9.25. The first-order valence-corrected chi connectivity index (χ1v) is 17.6. The van der Waals surface area contributed by atoms with Crippen molar-refractivity contribution in [3.8, 4) is 0 Å². The predicted molar refractivity (Wildman–Crippen MR) is 190 cm³/mol. The predicted octanol–water partition coefficient (Wildman–Crippen LogP) is 6.61. The van der Waals surface area contributed by atoms with E-state index in [9.17, 15) is 14.5 Å². The van der Waals surface area contributed by atoms with Crippen molar-refractivity contribution in [1.82, 2.24) is 0 Å². The van der Waals surface area contributed by atoms with Gasteiger partial charge in [0, 0.05) is 39.6 Å². The summed E-state index contributed by atoms with van der Waals surface area (Å²) in [6.45, 7) is -0.823. The van der Waals surface area contributed by atoms with Crippen molar-refractivity contribution in [3.63, 3.8) is 0 Å². The van der Waals surface area contributed by atoms with Crippen LogP contribution >= 0.6 is 7.82 Å². The van der Waals surface area contributed by atoms with Crippen LogP contribution in [0.5, 0.6) is 0 Å². The van der Waals surface area contributed by atoms with E-state index in [1.165, 1.54) is 0 Å². The number of carbonyl (C=O) groups is 1. The molecule has 4 aromatic rings. The van der Waals surface area contributed by atoms with Gasteiger partial charge in [0.1, 0.15) is 19.3 Å². The number of phosphoric acid groups is 1. The standard InChI is InChI=1S/C38H43N2O9P/c1-39(2)32-19-15-30(16-20-32)24-44-36-35(48-38(42)37(36)45-25-31-17-21-33(22-18-31)40(3)4)34(23-41)49-50(43,46-26-28-11-7-5-8-12-28)47-27-29-13-9-6-10-14-29/h5-22,34-35,41H,23-27H2,1-4H3/t34-,35+/m0/s1. The van der Waals surface area contributed by atoms with Gasteiger partial charge in [-0.15, -0.1) is 0 Å². The minimum Gasteiger partial charge on any atom is -0.485 e. The van der Waals surface area contributed by atoms with Crippen molar-refractivity contribution < 1.29 is 42.2 Å². The van der Waals surface area contributed by atoms with Crippen LogP contribution in [-0.2, 0) is 63.6 Å². The summed E-state index contributed by atoms with van der Waals surface area (Å²) in [5, 5.41) is 10.6. The number of ether oxygens (including phenoxy) is 3. The number of cyclic esters (lactones) is 1. The maximum Gasteiger partial charge on any atom is 0.475 e. The van der Waals surface area contributed by atoms with E-state index in [2.05, 4.69) is 0 Å². The first-order valence-electron chi connectivity index (χ1n) is 16.1. The number of anilines is 2. The lowest BCUT2D eigenvalue weighted by Crippen LogP contribution is -2.35. The summed E-state index contributed by atoms with van der Waals surface area (Å²) >= 11 is 0. The summed E-state index contributed by atoms with van der Waals surface area (Å²) in [5.74, 6) is -0.998. The Hall–Kier alpha value is -4.64. The lowest BCUT2D eigenvalue weighted by molar-refractivity contribution is -0.148. The Morgan fingerprint density at radius 3 is 1.54 bits per heavy atom. The zero-order chi connectivity index (χ0) is 35.5. The molecule has 50 heavy (non-hydrogen) atoms. The van der Waals surface area contributed by atoms with Crippen LogP contribution in [0.3, 0.4) is 0 Å². The highest BCUT2D eigenvalue weighted by Gasteiger charge is 2.46. The molecule has 0 spiro atoms. The molecule has 1 aliphatic heterocycles. The molecule has 11 nitrogen and oxygen atoms in total. The molecule has 0 bridgehead atoms. The summed E-state index contributed by atoms with van der Waals surface area (Å²) in [6, 6.07) is 33.6. The van der Waals surface area contributed by atoms with Crippen LogP contribution in [0.2, 0.25) is 0 Å². The van der Waals surface area contributed by atoms with Crippen LogP contribution in [0.4, 0.5) is 11.4 Å². The number of phosphoric ester groups is 1. The monoisotopic (exact) mass is 702 g/mol. The minimum absolute atomic E-state index is 0.00619. The Labute approximate surface area is 293 Å². The summed E-state index contributed by atoms with van der Waals surface area (Å²) in [4.78, 5) is 17.3. The van der Waals surface area contributed by atoms with Crippen molar-refractivity contribution in [2.24, 2.45) is 0 Å². The number of hydrogen-bond acceptors (Lipinski definition) is 11. The van der Waals surface area contributed by atoms with E-state index in [0.29, 0.717) is 0 Å². The lowest BCUT2D eigenvalue weighted by Gasteiger charge is -2.27. The molecule has 0 aromatic heterocycles. The maximum atomic E-state index is 14.2. The third-order valence-electron chi connectivity index (χ3n) is 7.83. The van der Waals surface area contributed by atoms with Crippen LogP contribution < -0.4 is 9.80 Å². The van der Waals surface area contributed by atoms with Crippen molar-refractivity contribution in [2.75, 3.05) is 44.6 Å². The number of nitrogens with zero attached hydrogens (tertiary/aromatic N) is 2. The second-order valence-corrected chi connectivity index (χ2v) is 13.6. The van der Waals surface area contributed by atoms with Crippen molar-refractivity contribution in [1.29, 1.82) is 0 Å². The van der Waals surface area contributed by atoms with Gasteiger partial charge in [0.15, 0.2) is 11.9 Å². The van der Waals surface area contributed by atoms with Gasteiger partial charge in [0.05, 0.1) is 19.8 Å². The molecule has 2 atom stereocenters. The number of hydrogen-bond donors (Lipinski definition) is 1. The molecule has 1 heterocycles. The quantitative estimate of drug-likeness (QED) is 0.0893. The van der Waals surface area contributed by atoms with Gasteiger partial charge in [-0.3, -0.25) is 13.6 Å². The number of carbonyl (C=O) groups excluding carboxylic acids is 1. The average Bonchev–Trinajstić information content (AvgIpc) is 3.45. The molecule has 1 N–H and O–H groups in total. The Morgan fingerprint density at radius 2 is 1.10 bits per heavy atom. The highest BCUT2D eigenvalue weighted by atomic mass is 31.2. The van der Waals surface area contributed by atoms with Crippen LogP contribution in [0.25, 0.3) is 0 Å². The second-order valence-electron chi connectivity index (χ2n) is 12.0. The van der Waals surface area contributed by atoms with Gasteiger partial charge < -0.3 is 29.1 Å². The second kappa shape index (κ2) is 17.3. The molecule has 264 valence electrons. The Bertz CT molecular complexity index is 1700. The summed E-state index contributed by atoms with van der Waals surface area (Å²) in [7, 11) is 3.39. The van der Waals surface area contributed by atoms with Gasteiger partial charge in [0.2, 0.25) is 5.76 Å². The van der Waals surface area contributed by atoms with Crippen molar-refractivity contribution in [2.45, 2.75) is 38.6 Å². The Kier molecular flexibility index (Phi) is 12.7. The first kappa shape index (κ1) is 36.6. The Morgan fingerprint density at radius 1 is 0.660 bits per heavy atom. The van der Waals surface area contributed by atoms with E-state index in [1.54, 1.807) is 24.3 Å². The summed E-state index contributed by atoms with van der Waals surface area (Å²) < 4.78 is 49.6. The van der Waals surface area contributed by atoms with E-state index in [4.69, 9.17) is 27.8 Å². The van der Waals surface area contributed by atoms with Gasteiger partial charge in [-0.1, -0.05) is 84.9 Å². The van der Waals surface area contributed by atoms with Gasteiger partial charge in [0.25, 0.3) is 0 Å². The highest BCUT2D eigenvalue weighted by molar-refractivity contribution is 7.48. The molecule has 0 saturated heterocycles. The molecular formula is C38H43N2O9P. The van der Waals surface area contributed by atoms with E-state index in [0.717, 1.165) is 33.6 Å². The van der Waals surface area contributed by atoms with Gasteiger partial charge in [-0.05, 0) is 46.5 Å². The first-order chi connectivity index (χ1) is 24.1. The van der Waals surface area contributed by atoms with Crippen LogP contribution in [-0.4, -0.2) is 58.1 Å². The zero-order valence-electron chi connectivity index (χ0n) is 28.6. The van der Waals surface area contributed by atoms with E-state index < -0.39 is 32.6 Å². The number of aliphatic hydroxyl groups excluding tert-OH is 1. The number of benzene rings is 4. The molecule has 1 aliphatic rings. The normalized spacial score (nSPS) is 15.1. The molecule has 0 aliphatic carbocycles. The van der Waals surface area contributed by atoms with E-state index in [1.807, 2.05) is 123 Å². The molecule has 0 saturated carbocycles. The van der Waals surface area contributed by atoms with E-state index in [-0.39, 0.29) is 37.9 Å². The number of esters is 1. The summed E-state index contributed by atoms with van der Waals surface area (Å²) in [6.07, 6.45) is -2.73. The number of rotatable bonds is 18. The third kappa shape index (κ3) is 9.97. The maximum absolute atomic E-state index is 14.2. The lowest BCUT2D eigenvalue weighted by atomic mass is 10.1. The fourth-order valence-electron chi connectivity index (χ4n) is 4.98. The van der Waals surface area contributed by atoms with Crippen LogP contribution in [0, 0.1) is 0 Å². The molecule has 0 unspecified atom stereocenters. The van der Waals surface area contributed by atoms with Crippen molar-refractivity contribution in [3.05, 3.63) is 143 Å². The molecule has 12 heteroatoms. The summed E-state index contributed by atoms with van der Waals surface area (Å²) in [5.41, 5.74) is 5.08. The smallest absolute Gasteiger partial charge is 0.475 e. The highest BCUT2D eigenvalue weighted by Crippen LogP contribution is 2.53. The minimum atomic E-state index is -4.39. The Balaban J connectivity index is 1.40. The van der Waals surface area contributed by atoms with Gasteiger partial charge in [-0.2, -0.15) is 0 Å². The molecule has 5 rings (SSSR count).